The van der Waals surface area contributed by atoms with E-state index in [1.165, 1.54) is 11.1 Å². The molecule has 0 spiro atoms. The van der Waals surface area contributed by atoms with Crippen molar-refractivity contribution in [2.75, 3.05) is 26.8 Å². The van der Waals surface area contributed by atoms with Gasteiger partial charge in [-0.2, -0.15) is 0 Å². The third-order valence-corrected chi connectivity index (χ3v) is 4.33. The van der Waals surface area contributed by atoms with Gasteiger partial charge in [-0.25, -0.2) is 0 Å². The number of benzene rings is 1. The number of ether oxygens (including phenoxy) is 1. The van der Waals surface area contributed by atoms with Crippen molar-refractivity contribution in [2.45, 2.75) is 38.0 Å². The third kappa shape index (κ3) is 2.77. The van der Waals surface area contributed by atoms with Crippen LogP contribution in [0.3, 0.4) is 0 Å². The molecule has 1 fully saturated rings. The predicted octanol–water partition coefficient (Wildman–Crippen LogP) is 2.43. The second kappa shape index (κ2) is 5.93. The molecule has 1 saturated heterocycles. The van der Waals surface area contributed by atoms with Gasteiger partial charge in [0.05, 0.1) is 13.7 Å². The minimum atomic E-state index is -0.0822. The van der Waals surface area contributed by atoms with Crippen molar-refractivity contribution in [1.82, 2.24) is 5.32 Å². The number of piperidine rings is 1. The fourth-order valence-electron chi connectivity index (χ4n) is 2.96. The lowest BCUT2D eigenvalue weighted by molar-refractivity contribution is 0.158. The molecule has 0 unspecified atom stereocenters. The van der Waals surface area contributed by atoms with E-state index < -0.39 is 0 Å². The van der Waals surface area contributed by atoms with Gasteiger partial charge in [0.2, 0.25) is 0 Å². The molecule has 106 valence electrons. The topological polar surface area (TPSA) is 41.5 Å². The zero-order valence-electron chi connectivity index (χ0n) is 12.2. The molecule has 0 saturated carbocycles. The maximum absolute atomic E-state index is 9.89. The van der Waals surface area contributed by atoms with Gasteiger partial charge in [0.15, 0.2) is 0 Å². The van der Waals surface area contributed by atoms with Crippen molar-refractivity contribution in [3.8, 4) is 5.75 Å². The Kier molecular flexibility index (Phi) is 4.48. The molecule has 1 aliphatic rings. The molecule has 2 rings (SSSR count). The van der Waals surface area contributed by atoms with E-state index in [1.807, 2.05) is 6.07 Å². The van der Waals surface area contributed by atoms with E-state index in [4.69, 9.17) is 4.74 Å². The number of aliphatic hydroxyl groups is 1. The van der Waals surface area contributed by atoms with Gasteiger partial charge in [-0.15, -0.1) is 0 Å². The van der Waals surface area contributed by atoms with Gasteiger partial charge in [-0.3, -0.25) is 0 Å². The quantitative estimate of drug-likeness (QED) is 0.876. The first-order chi connectivity index (χ1) is 9.13. The van der Waals surface area contributed by atoms with Crippen LogP contribution in [-0.4, -0.2) is 31.9 Å². The van der Waals surface area contributed by atoms with Crippen LogP contribution in [0.2, 0.25) is 0 Å². The highest BCUT2D eigenvalue weighted by Gasteiger charge is 2.33. The fourth-order valence-corrected chi connectivity index (χ4v) is 2.96. The number of hydrogen-bond acceptors (Lipinski definition) is 3. The molecule has 3 nitrogen and oxygen atoms in total. The zero-order chi connectivity index (χ0) is 13.9. The highest BCUT2D eigenvalue weighted by molar-refractivity contribution is 5.42. The number of aliphatic hydroxyl groups excluding tert-OH is 1. The number of nitrogens with one attached hydrogen (secondary N) is 1. The summed E-state index contributed by atoms with van der Waals surface area (Å²) >= 11 is 0. The summed E-state index contributed by atoms with van der Waals surface area (Å²) in [5, 5.41) is 13.3. The average Bonchev–Trinajstić information content (AvgIpc) is 2.47. The molecule has 0 amide bonds. The second-order valence-corrected chi connectivity index (χ2v) is 5.80. The number of methoxy groups -OCH3 is 1. The Labute approximate surface area is 116 Å². The molecule has 0 radical (unpaired) electrons. The number of hydrogen-bond donors (Lipinski definition) is 2. The highest BCUT2D eigenvalue weighted by Crippen LogP contribution is 2.37. The lowest BCUT2D eigenvalue weighted by Crippen LogP contribution is -2.42. The van der Waals surface area contributed by atoms with E-state index in [9.17, 15) is 5.11 Å². The SMILES string of the molecule is COc1ccc(C2(CO)CCNCC2)cc1C(C)C. The standard InChI is InChI=1S/C16H25NO2/c1-12(2)14-10-13(4-5-15(14)19-3)16(11-18)6-8-17-9-7-16/h4-5,10,12,17-18H,6-9,11H2,1-3H3. The maximum atomic E-state index is 9.89. The molecule has 3 heteroatoms. The first kappa shape index (κ1) is 14.4. The van der Waals surface area contributed by atoms with Crippen molar-refractivity contribution in [3.05, 3.63) is 29.3 Å². The van der Waals surface area contributed by atoms with Gasteiger partial charge in [0.25, 0.3) is 0 Å². The van der Waals surface area contributed by atoms with Crippen LogP contribution in [0.5, 0.6) is 5.75 Å². The van der Waals surface area contributed by atoms with Gasteiger partial charge in [0.1, 0.15) is 5.75 Å². The summed E-state index contributed by atoms with van der Waals surface area (Å²) in [5.41, 5.74) is 2.40. The Bertz CT molecular complexity index is 423. The first-order valence-electron chi connectivity index (χ1n) is 7.13. The largest absolute Gasteiger partial charge is 0.496 e. The Morgan fingerprint density at radius 1 is 1.32 bits per heavy atom. The van der Waals surface area contributed by atoms with Crippen LogP contribution < -0.4 is 10.1 Å². The summed E-state index contributed by atoms with van der Waals surface area (Å²) in [6, 6.07) is 6.39. The van der Waals surface area contributed by atoms with E-state index in [0.29, 0.717) is 5.92 Å². The minimum Gasteiger partial charge on any atom is -0.496 e. The van der Waals surface area contributed by atoms with Crippen LogP contribution in [0.25, 0.3) is 0 Å². The van der Waals surface area contributed by atoms with Crippen LogP contribution in [-0.2, 0) is 5.41 Å². The van der Waals surface area contributed by atoms with Crippen molar-refractivity contribution in [2.24, 2.45) is 0 Å². The highest BCUT2D eigenvalue weighted by atomic mass is 16.5. The molecule has 2 N–H and O–H groups in total. The normalized spacial score (nSPS) is 18.6. The molecular formula is C16H25NO2. The first-order valence-corrected chi connectivity index (χ1v) is 7.13. The Hall–Kier alpha value is -1.06. The minimum absolute atomic E-state index is 0.0822. The predicted molar refractivity (Wildman–Crippen MR) is 78.0 cm³/mol. The molecule has 1 heterocycles. The molecule has 1 aromatic rings. The third-order valence-electron chi connectivity index (χ3n) is 4.33. The second-order valence-electron chi connectivity index (χ2n) is 5.80. The summed E-state index contributed by atoms with van der Waals surface area (Å²) in [6.45, 7) is 6.52. The molecule has 0 aliphatic carbocycles. The molecule has 19 heavy (non-hydrogen) atoms. The van der Waals surface area contributed by atoms with Crippen LogP contribution in [0.15, 0.2) is 18.2 Å². The van der Waals surface area contributed by atoms with Crippen LogP contribution >= 0.6 is 0 Å². The lowest BCUT2D eigenvalue weighted by atomic mass is 9.73. The molecule has 0 aromatic heterocycles. The van der Waals surface area contributed by atoms with Crippen LogP contribution in [0.4, 0.5) is 0 Å². The smallest absolute Gasteiger partial charge is 0.122 e. The average molecular weight is 263 g/mol. The van der Waals surface area contributed by atoms with Gasteiger partial charge >= 0.3 is 0 Å². The van der Waals surface area contributed by atoms with Crippen molar-refractivity contribution < 1.29 is 9.84 Å². The zero-order valence-corrected chi connectivity index (χ0v) is 12.2. The van der Waals surface area contributed by atoms with Gasteiger partial charge in [-0.1, -0.05) is 26.0 Å². The van der Waals surface area contributed by atoms with Crippen molar-refractivity contribution >= 4 is 0 Å². The Morgan fingerprint density at radius 3 is 2.53 bits per heavy atom. The summed E-state index contributed by atoms with van der Waals surface area (Å²) in [4.78, 5) is 0. The van der Waals surface area contributed by atoms with Gasteiger partial charge < -0.3 is 15.2 Å². The van der Waals surface area contributed by atoms with E-state index in [0.717, 1.165) is 31.7 Å². The summed E-state index contributed by atoms with van der Waals surface area (Å²) in [7, 11) is 1.72. The van der Waals surface area contributed by atoms with Gasteiger partial charge in [0, 0.05) is 5.41 Å². The Balaban J connectivity index is 2.40. The summed E-state index contributed by atoms with van der Waals surface area (Å²) in [5.74, 6) is 1.37. The van der Waals surface area contributed by atoms with Gasteiger partial charge in [-0.05, 0) is 49.0 Å². The maximum Gasteiger partial charge on any atom is 0.122 e. The fraction of sp³-hybridized carbons (Fsp3) is 0.625. The molecule has 1 aromatic carbocycles. The van der Waals surface area contributed by atoms with E-state index in [1.54, 1.807) is 7.11 Å². The summed E-state index contributed by atoms with van der Waals surface area (Å²) < 4.78 is 5.44. The monoisotopic (exact) mass is 263 g/mol. The van der Waals surface area contributed by atoms with Crippen LogP contribution in [0.1, 0.15) is 43.7 Å². The van der Waals surface area contributed by atoms with Crippen LogP contribution in [0, 0.1) is 0 Å². The molecule has 0 atom stereocenters. The lowest BCUT2D eigenvalue weighted by Gasteiger charge is -2.37. The van der Waals surface area contributed by atoms with E-state index in [-0.39, 0.29) is 12.0 Å². The molecule has 1 aliphatic heterocycles. The van der Waals surface area contributed by atoms with E-state index >= 15 is 0 Å². The number of rotatable bonds is 4. The Morgan fingerprint density at radius 2 is 2.00 bits per heavy atom. The molecule has 0 bridgehead atoms. The van der Waals surface area contributed by atoms with E-state index in [2.05, 4.69) is 31.3 Å². The van der Waals surface area contributed by atoms with Crippen molar-refractivity contribution in [3.63, 3.8) is 0 Å². The van der Waals surface area contributed by atoms with Crippen molar-refractivity contribution in [1.29, 1.82) is 0 Å². The molecular weight excluding hydrogens is 238 g/mol. The summed E-state index contributed by atoms with van der Waals surface area (Å²) in [6.07, 6.45) is 1.99.